The lowest BCUT2D eigenvalue weighted by Crippen LogP contribution is -2.38. The van der Waals surface area contributed by atoms with Crippen LogP contribution in [0, 0.1) is 5.82 Å². The molecule has 2 N–H and O–H groups in total. The number of rotatable bonds is 5. The van der Waals surface area contributed by atoms with Crippen LogP contribution in [0.2, 0.25) is 0 Å². The number of benzene rings is 1. The van der Waals surface area contributed by atoms with E-state index < -0.39 is 6.10 Å². The van der Waals surface area contributed by atoms with E-state index in [2.05, 4.69) is 4.90 Å². The average molecular weight is 281 g/mol. The second-order valence-corrected chi connectivity index (χ2v) is 5.55. The van der Waals surface area contributed by atoms with Gasteiger partial charge in [-0.1, -0.05) is 31.0 Å². The molecule has 2 atom stereocenters. The predicted molar refractivity (Wildman–Crippen MR) is 76.9 cm³/mol. The molecule has 3 nitrogen and oxygen atoms in total. The molecule has 112 valence electrons. The first-order valence-electron chi connectivity index (χ1n) is 7.49. The van der Waals surface area contributed by atoms with Gasteiger partial charge in [-0.15, -0.1) is 0 Å². The fraction of sp³-hybridized carbons (Fsp3) is 0.625. The standard InChI is InChI=1S/C16H24FNO2/c17-15-8-4-3-7-14(15)16(20)9-11-18-10-5-1-2-6-13(18)12-19/h3-4,7-8,13,16,19-20H,1-2,5-6,9-12H2. The first-order chi connectivity index (χ1) is 9.72. The van der Waals surface area contributed by atoms with Crippen LogP contribution >= 0.6 is 0 Å². The maximum absolute atomic E-state index is 13.6. The molecular weight excluding hydrogens is 257 g/mol. The summed E-state index contributed by atoms with van der Waals surface area (Å²) in [6.45, 7) is 1.81. The van der Waals surface area contributed by atoms with Crippen molar-refractivity contribution in [3.63, 3.8) is 0 Å². The number of halogens is 1. The van der Waals surface area contributed by atoms with Gasteiger partial charge < -0.3 is 10.2 Å². The third kappa shape index (κ3) is 4.01. The minimum Gasteiger partial charge on any atom is -0.395 e. The second-order valence-electron chi connectivity index (χ2n) is 5.55. The summed E-state index contributed by atoms with van der Waals surface area (Å²) in [5.74, 6) is -0.352. The number of aliphatic hydroxyl groups excluding tert-OH is 2. The smallest absolute Gasteiger partial charge is 0.128 e. The van der Waals surface area contributed by atoms with Gasteiger partial charge in [0.2, 0.25) is 0 Å². The van der Waals surface area contributed by atoms with Gasteiger partial charge in [0.15, 0.2) is 0 Å². The molecule has 0 saturated carbocycles. The zero-order valence-electron chi connectivity index (χ0n) is 11.8. The third-order valence-electron chi connectivity index (χ3n) is 4.16. The van der Waals surface area contributed by atoms with Gasteiger partial charge in [0.05, 0.1) is 12.7 Å². The molecule has 0 amide bonds. The Balaban J connectivity index is 1.91. The lowest BCUT2D eigenvalue weighted by molar-refractivity contribution is 0.0934. The van der Waals surface area contributed by atoms with E-state index in [0.717, 1.165) is 25.8 Å². The van der Waals surface area contributed by atoms with E-state index in [0.29, 0.717) is 18.5 Å². The van der Waals surface area contributed by atoms with Gasteiger partial charge in [0.25, 0.3) is 0 Å². The van der Waals surface area contributed by atoms with Gasteiger partial charge in [-0.05, 0) is 31.9 Å². The van der Waals surface area contributed by atoms with E-state index >= 15 is 0 Å². The Hall–Kier alpha value is -0.970. The summed E-state index contributed by atoms with van der Waals surface area (Å²) in [6.07, 6.45) is 4.20. The first kappa shape index (κ1) is 15.4. The Morgan fingerprint density at radius 1 is 1.25 bits per heavy atom. The lowest BCUT2D eigenvalue weighted by Gasteiger charge is -2.29. The Kier molecular flexibility index (Phi) is 5.95. The van der Waals surface area contributed by atoms with Gasteiger partial charge in [-0.3, -0.25) is 4.90 Å². The van der Waals surface area contributed by atoms with Gasteiger partial charge in [0, 0.05) is 18.2 Å². The molecule has 0 aliphatic carbocycles. The van der Waals surface area contributed by atoms with Crippen LogP contribution in [0.1, 0.15) is 43.8 Å². The van der Waals surface area contributed by atoms with E-state index in [1.54, 1.807) is 18.2 Å². The summed E-state index contributed by atoms with van der Waals surface area (Å²) in [5, 5.41) is 19.6. The predicted octanol–water partition coefficient (Wildman–Crippen LogP) is 2.49. The maximum atomic E-state index is 13.6. The number of hydrogen-bond donors (Lipinski definition) is 2. The second kappa shape index (κ2) is 7.72. The monoisotopic (exact) mass is 281 g/mol. The molecule has 0 spiro atoms. The summed E-state index contributed by atoms with van der Waals surface area (Å²) in [6, 6.07) is 6.56. The largest absolute Gasteiger partial charge is 0.395 e. The molecule has 1 aliphatic rings. The Morgan fingerprint density at radius 3 is 2.80 bits per heavy atom. The highest BCUT2D eigenvalue weighted by Gasteiger charge is 2.21. The molecule has 2 rings (SSSR count). The lowest BCUT2D eigenvalue weighted by atomic mass is 10.0. The highest BCUT2D eigenvalue weighted by Crippen LogP contribution is 2.22. The van der Waals surface area contributed by atoms with Crippen molar-refractivity contribution in [1.29, 1.82) is 0 Å². The average Bonchev–Trinajstić information content (AvgIpc) is 2.70. The zero-order valence-corrected chi connectivity index (χ0v) is 11.8. The number of hydrogen-bond acceptors (Lipinski definition) is 3. The van der Waals surface area contributed by atoms with Crippen molar-refractivity contribution in [2.75, 3.05) is 19.7 Å². The molecule has 0 radical (unpaired) electrons. The summed E-state index contributed by atoms with van der Waals surface area (Å²) in [5.41, 5.74) is 0.364. The van der Waals surface area contributed by atoms with E-state index in [9.17, 15) is 14.6 Å². The molecule has 1 aliphatic heterocycles. The Bertz CT molecular complexity index is 413. The topological polar surface area (TPSA) is 43.7 Å². The first-order valence-corrected chi connectivity index (χ1v) is 7.49. The van der Waals surface area contributed by atoms with Gasteiger partial charge >= 0.3 is 0 Å². The number of likely N-dealkylation sites (tertiary alicyclic amines) is 1. The Labute approximate surface area is 120 Å². The Morgan fingerprint density at radius 2 is 2.05 bits per heavy atom. The maximum Gasteiger partial charge on any atom is 0.128 e. The SMILES string of the molecule is OCC1CCCCCN1CCC(O)c1ccccc1F. The van der Waals surface area contributed by atoms with Crippen molar-refractivity contribution < 1.29 is 14.6 Å². The molecule has 0 aromatic heterocycles. The van der Waals surface area contributed by atoms with Crippen molar-refractivity contribution in [2.45, 2.75) is 44.2 Å². The molecular formula is C16H24FNO2. The van der Waals surface area contributed by atoms with Crippen LogP contribution in [0.15, 0.2) is 24.3 Å². The molecule has 4 heteroatoms. The summed E-state index contributed by atoms with van der Waals surface area (Å²) in [4.78, 5) is 2.23. The van der Waals surface area contributed by atoms with E-state index in [1.165, 1.54) is 12.5 Å². The van der Waals surface area contributed by atoms with Crippen LogP contribution in [-0.2, 0) is 0 Å². The van der Waals surface area contributed by atoms with Crippen LogP contribution in [0.25, 0.3) is 0 Å². The molecule has 1 saturated heterocycles. The van der Waals surface area contributed by atoms with Crippen LogP contribution < -0.4 is 0 Å². The fourth-order valence-corrected chi connectivity index (χ4v) is 2.93. The summed E-state index contributed by atoms with van der Waals surface area (Å²) >= 11 is 0. The molecule has 20 heavy (non-hydrogen) atoms. The number of nitrogens with zero attached hydrogens (tertiary/aromatic N) is 1. The van der Waals surface area contributed by atoms with Crippen LogP contribution in [0.3, 0.4) is 0 Å². The van der Waals surface area contributed by atoms with Gasteiger partial charge in [0.1, 0.15) is 5.82 Å². The third-order valence-corrected chi connectivity index (χ3v) is 4.16. The zero-order chi connectivity index (χ0) is 14.4. The molecule has 1 aromatic rings. The normalized spacial score (nSPS) is 22.4. The highest BCUT2D eigenvalue weighted by atomic mass is 19.1. The quantitative estimate of drug-likeness (QED) is 0.871. The molecule has 2 unspecified atom stereocenters. The van der Waals surface area contributed by atoms with Crippen LogP contribution in [0.5, 0.6) is 0 Å². The van der Waals surface area contributed by atoms with Crippen molar-refractivity contribution in [1.82, 2.24) is 4.90 Å². The summed E-state index contributed by atoms with van der Waals surface area (Å²) < 4.78 is 13.6. The highest BCUT2D eigenvalue weighted by molar-refractivity contribution is 5.19. The van der Waals surface area contributed by atoms with Gasteiger partial charge in [-0.25, -0.2) is 4.39 Å². The molecule has 1 heterocycles. The van der Waals surface area contributed by atoms with Crippen molar-refractivity contribution >= 4 is 0 Å². The van der Waals surface area contributed by atoms with Crippen molar-refractivity contribution in [3.05, 3.63) is 35.6 Å². The van der Waals surface area contributed by atoms with E-state index in [4.69, 9.17) is 0 Å². The van der Waals surface area contributed by atoms with Crippen molar-refractivity contribution in [3.8, 4) is 0 Å². The van der Waals surface area contributed by atoms with E-state index in [1.807, 2.05) is 0 Å². The fourth-order valence-electron chi connectivity index (χ4n) is 2.93. The number of aliphatic hydroxyl groups is 2. The minimum atomic E-state index is -0.779. The molecule has 1 fully saturated rings. The van der Waals surface area contributed by atoms with Crippen molar-refractivity contribution in [2.24, 2.45) is 0 Å². The molecule has 1 aromatic carbocycles. The van der Waals surface area contributed by atoms with E-state index in [-0.39, 0.29) is 18.5 Å². The van der Waals surface area contributed by atoms with Crippen LogP contribution in [0.4, 0.5) is 4.39 Å². The minimum absolute atomic E-state index is 0.162. The summed E-state index contributed by atoms with van der Waals surface area (Å²) in [7, 11) is 0. The van der Waals surface area contributed by atoms with Crippen LogP contribution in [-0.4, -0.2) is 40.9 Å². The molecule has 0 bridgehead atoms. The van der Waals surface area contributed by atoms with Gasteiger partial charge in [-0.2, -0.15) is 0 Å².